The largest absolute Gasteiger partial charge is 0.390 e. The quantitative estimate of drug-likeness (QED) is 0.601. The predicted molar refractivity (Wildman–Crippen MR) is 111 cm³/mol. The third kappa shape index (κ3) is 3.85. The Balaban J connectivity index is 1.67. The Morgan fingerprint density at radius 3 is 2.72 bits per heavy atom. The molecule has 29 heavy (non-hydrogen) atoms. The first-order valence-corrected chi connectivity index (χ1v) is 11.1. The molecule has 0 spiro atoms. The van der Waals surface area contributed by atoms with Crippen LogP contribution in [-0.2, 0) is 10.0 Å². The van der Waals surface area contributed by atoms with Crippen molar-refractivity contribution in [3.63, 3.8) is 0 Å². The van der Waals surface area contributed by atoms with E-state index in [1.165, 1.54) is 0 Å². The summed E-state index contributed by atoms with van der Waals surface area (Å²) >= 11 is 0. The Hall–Kier alpha value is -2.49. The van der Waals surface area contributed by atoms with E-state index in [-0.39, 0.29) is 10.9 Å². The van der Waals surface area contributed by atoms with Gasteiger partial charge in [0, 0.05) is 24.0 Å². The molecule has 2 aromatic heterocycles. The number of hydrogen-bond donors (Lipinski definition) is 3. The van der Waals surface area contributed by atoms with Crippen LogP contribution < -0.4 is 10.5 Å². The second-order valence-corrected chi connectivity index (χ2v) is 9.73. The SMILES string of the molecule is Cc1ccc(S(=O)(=O)N[C@H]2CC[C@](C)(O)CC2)cc1-c1cnc2c(N)nccn12. The summed E-state index contributed by atoms with van der Waals surface area (Å²) in [6, 6.07) is 4.89. The molecule has 0 unspecified atom stereocenters. The van der Waals surface area contributed by atoms with Crippen LogP contribution in [0.4, 0.5) is 5.82 Å². The molecule has 1 saturated carbocycles. The lowest BCUT2D eigenvalue weighted by molar-refractivity contribution is 0.0163. The fraction of sp³-hybridized carbons (Fsp3) is 0.400. The number of fused-ring (bicyclic) bond motifs is 1. The molecule has 0 amide bonds. The number of nitrogen functional groups attached to an aromatic ring is 1. The zero-order valence-corrected chi connectivity index (χ0v) is 17.3. The summed E-state index contributed by atoms with van der Waals surface area (Å²) in [5, 5.41) is 10.1. The Bertz CT molecular complexity index is 1160. The summed E-state index contributed by atoms with van der Waals surface area (Å²) in [6.07, 6.45) is 7.40. The first-order chi connectivity index (χ1) is 13.7. The van der Waals surface area contributed by atoms with Gasteiger partial charge < -0.3 is 10.8 Å². The highest BCUT2D eigenvalue weighted by molar-refractivity contribution is 7.89. The van der Waals surface area contributed by atoms with Crippen LogP contribution in [0.25, 0.3) is 16.9 Å². The Morgan fingerprint density at radius 1 is 1.28 bits per heavy atom. The van der Waals surface area contributed by atoms with Crippen LogP contribution in [0.1, 0.15) is 38.2 Å². The van der Waals surface area contributed by atoms with E-state index in [1.807, 2.05) is 6.92 Å². The molecule has 9 heteroatoms. The van der Waals surface area contributed by atoms with Crippen molar-refractivity contribution >= 4 is 21.5 Å². The average molecular weight is 416 g/mol. The molecule has 0 radical (unpaired) electrons. The zero-order chi connectivity index (χ0) is 20.8. The Labute approximate surface area is 169 Å². The van der Waals surface area contributed by atoms with Crippen LogP contribution in [0.3, 0.4) is 0 Å². The highest BCUT2D eigenvalue weighted by atomic mass is 32.2. The van der Waals surface area contributed by atoms with Gasteiger partial charge in [-0.25, -0.2) is 23.1 Å². The van der Waals surface area contributed by atoms with Crippen LogP contribution in [0, 0.1) is 6.92 Å². The lowest BCUT2D eigenvalue weighted by Gasteiger charge is -2.33. The first kappa shape index (κ1) is 19.8. The Kier molecular flexibility index (Phi) is 4.84. The van der Waals surface area contributed by atoms with Crippen molar-refractivity contribution in [3.05, 3.63) is 42.4 Å². The number of rotatable bonds is 4. The van der Waals surface area contributed by atoms with E-state index in [0.29, 0.717) is 37.1 Å². The minimum atomic E-state index is -3.69. The summed E-state index contributed by atoms with van der Waals surface area (Å²) in [7, 11) is -3.69. The van der Waals surface area contributed by atoms with Crippen molar-refractivity contribution in [2.45, 2.75) is 56.1 Å². The lowest BCUT2D eigenvalue weighted by Crippen LogP contribution is -2.42. The maximum atomic E-state index is 13.0. The number of nitrogens with one attached hydrogen (secondary N) is 1. The van der Waals surface area contributed by atoms with Crippen molar-refractivity contribution in [3.8, 4) is 11.3 Å². The molecule has 4 rings (SSSR count). The normalized spacial score (nSPS) is 22.8. The van der Waals surface area contributed by atoms with Gasteiger partial charge in [0.05, 0.1) is 22.4 Å². The molecule has 3 aromatic rings. The number of sulfonamides is 1. The van der Waals surface area contributed by atoms with Gasteiger partial charge in [-0.1, -0.05) is 6.07 Å². The number of aromatic nitrogens is 3. The number of nitrogens with two attached hydrogens (primary N) is 1. The van der Waals surface area contributed by atoms with Gasteiger partial charge in [-0.15, -0.1) is 0 Å². The molecule has 154 valence electrons. The summed E-state index contributed by atoms with van der Waals surface area (Å²) in [6.45, 7) is 3.72. The topological polar surface area (TPSA) is 123 Å². The molecule has 0 aliphatic heterocycles. The van der Waals surface area contributed by atoms with E-state index in [9.17, 15) is 13.5 Å². The van der Waals surface area contributed by atoms with Crippen molar-refractivity contribution in [2.24, 2.45) is 0 Å². The van der Waals surface area contributed by atoms with Gasteiger partial charge in [-0.3, -0.25) is 4.40 Å². The van der Waals surface area contributed by atoms with E-state index in [2.05, 4.69) is 14.7 Å². The standard InChI is InChI=1S/C20H25N5O3S/c1-13-3-4-15(29(27,28)24-14-5-7-20(2,26)8-6-14)11-16(13)17-12-23-19-18(21)22-9-10-25(17)19/h3-4,9-12,14,24,26H,5-8H2,1-2H3,(H2,21,22)/t14-,20-. The summed E-state index contributed by atoms with van der Waals surface area (Å²) in [5.41, 5.74) is 8.15. The van der Waals surface area contributed by atoms with Crippen LogP contribution in [0.15, 0.2) is 41.7 Å². The van der Waals surface area contributed by atoms with Crippen molar-refractivity contribution in [2.75, 3.05) is 5.73 Å². The minimum Gasteiger partial charge on any atom is -0.390 e. The maximum absolute atomic E-state index is 13.0. The first-order valence-electron chi connectivity index (χ1n) is 9.60. The molecule has 8 nitrogen and oxygen atoms in total. The van der Waals surface area contributed by atoms with Crippen LogP contribution in [0.2, 0.25) is 0 Å². The molecule has 0 saturated heterocycles. The third-order valence-corrected chi connectivity index (χ3v) is 7.15. The number of benzene rings is 1. The van der Waals surface area contributed by atoms with Gasteiger partial charge in [0.1, 0.15) is 0 Å². The second kappa shape index (κ2) is 7.08. The van der Waals surface area contributed by atoms with Crippen LogP contribution >= 0.6 is 0 Å². The zero-order valence-electron chi connectivity index (χ0n) is 16.5. The molecule has 1 aliphatic rings. The van der Waals surface area contributed by atoms with E-state index in [4.69, 9.17) is 5.73 Å². The molecule has 1 aliphatic carbocycles. The molecule has 0 atom stereocenters. The lowest BCUT2D eigenvalue weighted by atomic mass is 9.84. The molecule has 1 fully saturated rings. The number of imidazole rings is 1. The molecule has 2 heterocycles. The van der Waals surface area contributed by atoms with E-state index < -0.39 is 15.6 Å². The monoisotopic (exact) mass is 415 g/mol. The Morgan fingerprint density at radius 2 is 2.00 bits per heavy atom. The number of nitrogens with zero attached hydrogens (tertiary/aromatic N) is 3. The fourth-order valence-corrected chi connectivity index (χ4v) is 5.16. The van der Waals surface area contributed by atoms with Crippen LogP contribution in [-0.4, -0.2) is 39.5 Å². The van der Waals surface area contributed by atoms with Gasteiger partial charge >= 0.3 is 0 Å². The van der Waals surface area contributed by atoms with Crippen molar-refractivity contribution in [1.29, 1.82) is 0 Å². The molecule has 4 N–H and O–H groups in total. The smallest absolute Gasteiger partial charge is 0.240 e. The molecule has 0 bridgehead atoms. The van der Waals surface area contributed by atoms with Gasteiger partial charge in [0.2, 0.25) is 10.0 Å². The molecular weight excluding hydrogens is 390 g/mol. The third-order valence-electron chi connectivity index (χ3n) is 5.64. The average Bonchev–Trinajstić information content (AvgIpc) is 3.09. The van der Waals surface area contributed by atoms with E-state index >= 15 is 0 Å². The highest BCUT2D eigenvalue weighted by Gasteiger charge is 2.31. The molecular formula is C20H25N5O3S. The van der Waals surface area contributed by atoms with Gasteiger partial charge in [0.15, 0.2) is 11.5 Å². The van der Waals surface area contributed by atoms with Gasteiger partial charge in [0.25, 0.3) is 0 Å². The predicted octanol–water partition coefficient (Wildman–Crippen LogP) is 2.26. The summed E-state index contributed by atoms with van der Waals surface area (Å²) < 4.78 is 30.6. The second-order valence-electron chi connectivity index (χ2n) is 8.02. The maximum Gasteiger partial charge on any atom is 0.240 e. The number of aryl methyl sites for hydroxylation is 1. The summed E-state index contributed by atoms with van der Waals surface area (Å²) in [4.78, 5) is 8.56. The van der Waals surface area contributed by atoms with E-state index in [0.717, 1.165) is 16.8 Å². The van der Waals surface area contributed by atoms with Crippen LogP contribution in [0.5, 0.6) is 0 Å². The number of aliphatic hydroxyl groups is 1. The fourth-order valence-electron chi connectivity index (χ4n) is 3.83. The van der Waals surface area contributed by atoms with Gasteiger partial charge in [-0.05, 0) is 57.2 Å². The molecule has 1 aromatic carbocycles. The minimum absolute atomic E-state index is 0.174. The van der Waals surface area contributed by atoms with Gasteiger partial charge in [-0.2, -0.15) is 0 Å². The van der Waals surface area contributed by atoms with Crippen molar-refractivity contribution in [1.82, 2.24) is 19.1 Å². The van der Waals surface area contributed by atoms with Crippen molar-refractivity contribution < 1.29 is 13.5 Å². The van der Waals surface area contributed by atoms with E-state index in [1.54, 1.807) is 48.1 Å². The number of anilines is 1. The summed E-state index contributed by atoms with van der Waals surface area (Å²) in [5.74, 6) is 0.315. The number of hydrogen-bond acceptors (Lipinski definition) is 6. The highest BCUT2D eigenvalue weighted by Crippen LogP contribution is 2.30.